The van der Waals surface area contributed by atoms with Gasteiger partial charge >= 0.3 is 0 Å². The minimum absolute atomic E-state index is 0.0274. The summed E-state index contributed by atoms with van der Waals surface area (Å²) in [6.07, 6.45) is 2.71. The van der Waals surface area contributed by atoms with Crippen LogP contribution >= 0.6 is 0 Å². The third kappa shape index (κ3) is 3.85. The summed E-state index contributed by atoms with van der Waals surface area (Å²) in [5, 5.41) is 6.21. The number of carbonyl (C=O) groups excluding carboxylic acids is 1. The van der Waals surface area contributed by atoms with Gasteiger partial charge in [0, 0.05) is 11.6 Å². The number of benzene rings is 1. The van der Waals surface area contributed by atoms with E-state index < -0.39 is 0 Å². The Hall–Kier alpha value is -2.36. The van der Waals surface area contributed by atoms with Crippen LogP contribution in [0.15, 0.2) is 36.5 Å². The summed E-state index contributed by atoms with van der Waals surface area (Å²) >= 11 is 0. The number of para-hydroxylation sites is 1. The lowest BCUT2D eigenvalue weighted by atomic mass is 10.1. The fourth-order valence-electron chi connectivity index (χ4n) is 2.16. The minimum Gasteiger partial charge on any atom is -0.354 e. The van der Waals surface area contributed by atoms with Crippen molar-refractivity contribution >= 4 is 23.1 Å². The first kappa shape index (κ1) is 16.0. The standard InChI is InChI=1S/C18H23N3O/c1-5-14-8-6-7-13(4)17(14)20-15-9-10-16(19-11-15)21-18(22)12(2)3/h6-12,20H,5H2,1-4H3,(H,19,21,22). The van der Waals surface area contributed by atoms with Crippen LogP contribution in [0.1, 0.15) is 31.9 Å². The molecule has 0 saturated carbocycles. The van der Waals surface area contributed by atoms with Crippen LogP contribution in [0.3, 0.4) is 0 Å². The number of anilines is 3. The van der Waals surface area contributed by atoms with Crippen molar-refractivity contribution in [2.75, 3.05) is 10.6 Å². The average Bonchev–Trinajstić information content (AvgIpc) is 2.51. The molecule has 0 aliphatic heterocycles. The van der Waals surface area contributed by atoms with E-state index in [1.807, 2.05) is 26.0 Å². The monoisotopic (exact) mass is 297 g/mol. The van der Waals surface area contributed by atoms with Gasteiger partial charge in [-0.05, 0) is 36.6 Å². The highest BCUT2D eigenvalue weighted by atomic mass is 16.1. The molecule has 2 N–H and O–H groups in total. The topological polar surface area (TPSA) is 54.0 Å². The van der Waals surface area contributed by atoms with Gasteiger partial charge in [-0.3, -0.25) is 4.79 Å². The largest absolute Gasteiger partial charge is 0.354 e. The molecular formula is C18H23N3O. The lowest BCUT2D eigenvalue weighted by molar-refractivity contribution is -0.118. The maximum absolute atomic E-state index is 11.6. The zero-order valence-electron chi connectivity index (χ0n) is 13.6. The minimum atomic E-state index is -0.0568. The summed E-state index contributed by atoms with van der Waals surface area (Å²) in [4.78, 5) is 15.9. The summed E-state index contributed by atoms with van der Waals surface area (Å²) in [5.74, 6) is 0.490. The van der Waals surface area contributed by atoms with E-state index >= 15 is 0 Å². The van der Waals surface area contributed by atoms with E-state index in [0.717, 1.165) is 17.8 Å². The van der Waals surface area contributed by atoms with E-state index in [4.69, 9.17) is 0 Å². The van der Waals surface area contributed by atoms with Crippen LogP contribution in [-0.2, 0) is 11.2 Å². The van der Waals surface area contributed by atoms with Crippen LogP contribution in [0.4, 0.5) is 17.2 Å². The van der Waals surface area contributed by atoms with Gasteiger partial charge in [-0.15, -0.1) is 0 Å². The molecule has 0 saturated heterocycles. The van der Waals surface area contributed by atoms with Gasteiger partial charge in [0.15, 0.2) is 0 Å². The maximum Gasteiger partial charge on any atom is 0.228 e. The van der Waals surface area contributed by atoms with Gasteiger partial charge in [-0.25, -0.2) is 4.98 Å². The fourth-order valence-corrected chi connectivity index (χ4v) is 2.16. The van der Waals surface area contributed by atoms with E-state index in [1.54, 1.807) is 6.20 Å². The van der Waals surface area contributed by atoms with Crippen molar-refractivity contribution in [1.82, 2.24) is 4.98 Å². The number of hydrogen-bond acceptors (Lipinski definition) is 3. The number of aromatic nitrogens is 1. The summed E-state index contributed by atoms with van der Waals surface area (Å²) in [5.41, 5.74) is 4.52. The van der Waals surface area contributed by atoms with E-state index in [0.29, 0.717) is 5.82 Å². The number of nitrogens with zero attached hydrogens (tertiary/aromatic N) is 1. The van der Waals surface area contributed by atoms with Gasteiger partial charge in [0.1, 0.15) is 5.82 Å². The average molecular weight is 297 g/mol. The highest BCUT2D eigenvalue weighted by Gasteiger charge is 2.08. The van der Waals surface area contributed by atoms with Crippen molar-refractivity contribution in [2.45, 2.75) is 34.1 Å². The smallest absolute Gasteiger partial charge is 0.228 e. The highest BCUT2D eigenvalue weighted by molar-refractivity contribution is 5.91. The predicted octanol–water partition coefficient (Wildman–Crippen LogP) is 4.29. The predicted molar refractivity (Wildman–Crippen MR) is 91.5 cm³/mol. The van der Waals surface area contributed by atoms with Crippen LogP contribution in [0, 0.1) is 12.8 Å². The molecule has 2 rings (SSSR count). The SMILES string of the molecule is CCc1cccc(C)c1Nc1ccc(NC(=O)C(C)C)nc1. The van der Waals surface area contributed by atoms with E-state index in [-0.39, 0.29) is 11.8 Å². The number of nitrogens with one attached hydrogen (secondary N) is 2. The quantitative estimate of drug-likeness (QED) is 0.865. The Morgan fingerprint density at radius 2 is 2.00 bits per heavy atom. The third-order valence-electron chi connectivity index (χ3n) is 3.55. The van der Waals surface area contributed by atoms with E-state index in [9.17, 15) is 4.79 Å². The van der Waals surface area contributed by atoms with Gasteiger partial charge in [-0.2, -0.15) is 0 Å². The lowest BCUT2D eigenvalue weighted by Crippen LogP contribution is -2.18. The van der Waals surface area contributed by atoms with Crippen LogP contribution in [0.2, 0.25) is 0 Å². The van der Waals surface area contributed by atoms with Crippen molar-refractivity contribution in [3.8, 4) is 0 Å². The first-order valence-electron chi connectivity index (χ1n) is 7.63. The molecule has 4 heteroatoms. The van der Waals surface area contributed by atoms with Gasteiger partial charge in [0.25, 0.3) is 0 Å². The number of hydrogen-bond donors (Lipinski definition) is 2. The lowest BCUT2D eigenvalue weighted by Gasteiger charge is -2.14. The second-order valence-electron chi connectivity index (χ2n) is 5.66. The molecule has 1 heterocycles. The second-order valence-corrected chi connectivity index (χ2v) is 5.66. The second kappa shape index (κ2) is 7.07. The van der Waals surface area contributed by atoms with Gasteiger partial charge in [0.05, 0.1) is 11.9 Å². The van der Waals surface area contributed by atoms with E-state index in [1.165, 1.54) is 11.1 Å². The molecular weight excluding hydrogens is 274 g/mol. The van der Waals surface area contributed by atoms with Crippen LogP contribution < -0.4 is 10.6 Å². The normalized spacial score (nSPS) is 10.6. The number of pyridine rings is 1. The maximum atomic E-state index is 11.6. The Labute approximate surface area is 132 Å². The Kier molecular flexibility index (Phi) is 5.15. The van der Waals surface area contributed by atoms with Gasteiger partial charge < -0.3 is 10.6 Å². The molecule has 22 heavy (non-hydrogen) atoms. The van der Waals surface area contributed by atoms with Crippen molar-refractivity contribution in [2.24, 2.45) is 5.92 Å². The molecule has 0 aliphatic rings. The Morgan fingerprint density at radius 1 is 1.23 bits per heavy atom. The van der Waals surface area contributed by atoms with Crippen molar-refractivity contribution in [3.63, 3.8) is 0 Å². The number of rotatable bonds is 5. The molecule has 0 radical (unpaired) electrons. The Morgan fingerprint density at radius 3 is 2.59 bits per heavy atom. The van der Waals surface area contributed by atoms with Crippen LogP contribution in [0.25, 0.3) is 0 Å². The zero-order valence-corrected chi connectivity index (χ0v) is 13.6. The van der Waals surface area contributed by atoms with E-state index in [2.05, 4.69) is 47.7 Å². The number of amides is 1. The summed E-state index contributed by atoms with van der Waals surface area (Å²) in [6.45, 7) is 7.94. The van der Waals surface area contributed by atoms with Crippen molar-refractivity contribution in [3.05, 3.63) is 47.7 Å². The molecule has 0 aliphatic carbocycles. The molecule has 4 nitrogen and oxygen atoms in total. The molecule has 2 aromatic rings. The molecule has 0 atom stereocenters. The van der Waals surface area contributed by atoms with Gasteiger partial charge in [0.2, 0.25) is 5.91 Å². The molecule has 0 unspecified atom stereocenters. The molecule has 116 valence electrons. The van der Waals surface area contributed by atoms with Crippen molar-refractivity contribution in [1.29, 1.82) is 0 Å². The zero-order chi connectivity index (χ0) is 16.1. The Bertz CT molecular complexity index is 648. The molecule has 0 fully saturated rings. The van der Waals surface area contributed by atoms with Crippen LogP contribution in [-0.4, -0.2) is 10.9 Å². The summed E-state index contributed by atoms with van der Waals surface area (Å²) < 4.78 is 0. The van der Waals surface area contributed by atoms with Crippen molar-refractivity contribution < 1.29 is 4.79 Å². The summed E-state index contributed by atoms with van der Waals surface area (Å²) in [7, 11) is 0. The molecule has 1 aromatic heterocycles. The summed E-state index contributed by atoms with van der Waals surface area (Å²) in [6, 6.07) is 10.0. The first-order chi connectivity index (χ1) is 10.5. The molecule has 0 bridgehead atoms. The fraction of sp³-hybridized carbons (Fsp3) is 0.333. The van der Waals surface area contributed by atoms with Gasteiger partial charge in [-0.1, -0.05) is 39.0 Å². The number of aryl methyl sites for hydroxylation is 2. The number of carbonyl (C=O) groups is 1. The third-order valence-corrected chi connectivity index (χ3v) is 3.55. The highest BCUT2D eigenvalue weighted by Crippen LogP contribution is 2.25. The molecule has 1 amide bonds. The Balaban J connectivity index is 2.14. The van der Waals surface area contributed by atoms with Crippen LogP contribution in [0.5, 0.6) is 0 Å². The first-order valence-corrected chi connectivity index (χ1v) is 7.63. The molecule has 0 spiro atoms. The molecule has 1 aromatic carbocycles.